The van der Waals surface area contributed by atoms with Crippen molar-refractivity contribution in [1.29, 1.82) is 0 Å². The van der Waals surface area contributed by atoms with E-state index in [0.717, 1.165) is 22.9 Å². The quantitative estimate of drug-likeness (QED) is 0.784. The lowest BCUT2D eigenvalue weighted by atomic mass is 10.2. The van der Waals surface area contributed by atoms with E-state index >= 15 is 0 Å². The fourth-order valence-electron chi connectivity index (χ4n) is 2.00. The maximum Gasteiger partial charge on any atom is 0.225 e. The van der Waals surface area contributed by atoms with Crippen LogP contribution in [0.1, 0.15) is 12.0 Å². The molecule has 3 nitrogen and oxygen atoms in total. The van der Waals surface area contributed by atoms with Crippen LogP contribution in [0.25, 0.3) is 0 Å². The first kappa shape index (κ1) is 16.4. The van der Waals surface area contributed by atoms with E-state index in [2.05, 4.69) is 17.4 Å². The molecule has 2 aromatic rings. The normalized spacial score (nSPS) is 10.3. The standard InChI is InChI=1S/C18H22N2OS/c1-20(2)17-10-8-16(9-11-17)19-18(21)12-13-22-14-15-6-4-3-5-7-15/h3-11H,12-14H2,1-2H3,(H,19,21). The summed E-state index contributed by atoms with van der Waals surface area (Å²) in [6.07, 6.45) is 0.535. The first-order chi connectivity index (χ1) is 10.6. The van der Waals surface area contributed by atoms with Gasteiger partial charge < -0.3 is 10.2 Å². The molecule has 0 saturated heterocycles. The number of rotatable bonds is 7. The number of nitrogens with zero attached hydrogens (tertiary/aromatic N) is 1. The van der Waals surface area contributed by atoms with Crippen molar-refractivity contribution in [3.63, 3.8) is 0 Å². The molecule has 0 spiro atoms. The zero-order valence-electron chi connectivity index (χ0n) is 13.1. The number of nitrogens with one attached hydrogen (secondary N) is 1. The molecule has 0 unspecified atom stereocenters. The van der Waals surface area contributed by atoms with Crippen molar-refractivity contribution >= 4 is 29.0 Å². The van der Waals surface area contributed by atoms with Gasteiger partial charge in [-0.25, -0.2) is 0 Å². The van der Waals surface area contributed by atoms with Crippen molar-refractivity contribution in [2.45, 2.75) is 12.2 Å². The third kappa shape index (κ3) is 5.45. The minimum atomic E-state index is 0.0677. The highest BCUT2D eigenvalue weighted by atomic mass is 32.2. The van der Waals surface area contributed by atoms with E-state index < -0.39 is 0 Å². The Morgan fingerprint density at radius 1 is 1.05 bits per heavy atom. The Morgan fingerprint density at radius 3 is 2.36 bits per heavy atom. The molecular weight excluding hydrogens is 292 g/mol. The summed E-state index contributed by atoms with van der Waals surface area (Å²) in [6.45, 7) is 0. The summed E-state index contributed by atoms with van der Waals surface area (Å²) < 4.78 is 0. The van der Waals surface area contributed by atoms with Crippen LogP contribution in [0.4, 0.5) is 11.4 Å². The molecule has 116 valence electrons. The third-order valence-electron chi connectivity index (χ3n) is 3.25. The Labute approximate surface area is 136 Å². The minimum Gasteiger partial charge on any atom is -0.378 e. The van der Waals surface area contributed by atoms with Crippen LogP contribution in [0.15, 0.2) is 54.6 Å². The second kappa shape index (κ2) is 8.49. The summed E-state index contributed by atoms with van der Waals surface area (Å²) in [4.78, 5) is 13.9. The van der Waals surface area contributed by atoms with Gasteiger partial charge in [-0.15, -0.1) is 0 Å². The van der Waals surface area contributed by atoms with Crippen molar-refractivity contribution in [2.75, 3.05) is 30.1 Å². The molecule has 0 aliphatic rings. The number of hydrogen-bond donors (Lipinski definition) is 1. The van der Waals surface area contributed by atoms with Crippen molar-refractivity contribution in [3.8, 4) is 0 Å². The second-order valence-corrected chi connectivity index (χ2v) is 6.38. The van der Waals surface area contributed by atoms with Crippen molar-refractivity contribution in [1.82, 2.24) is 0 Å². The molecule has 22 heavy (non-hydrogen) atoms. The Balaban J connectivity index is 1.69. The summed E-state index contributed by atoms with van der Waals surface area (Å²) in [5.41, 5.74) is 3.27. The Hall–Kier alpha value is -1.94. The van der Waals surface area contributed by atoms with E-state index in [1.54, 1.807) is 11.8 Å². The molecule has 0 atom stereocenters. The Morgan fingerprint density at radius 2 is 1.73 bits per heavy atom. The molecule has 0 saturated carbocycles. The fraction of sp³-hybridized carbons (Fsp3) is 0.278. The first-order valence-electron chi connectivity index (χ1n) is 7.34. The second-order valence-electron chi connectivity index (χ2n) is 5.28. The van der Waals surface area contributed by atoms with Gasteiger partial charge in [0.25, 0.3) is 0 Å². The predicted molar refractivity (Wildman–Crippen MR) is 96.6 cm³/mol. The molecule has 0 aliphatic heterocycles. The topological polar surface area (TPSA) is 32.3 Å². The number of anilines is 2. The van der Waals surface area contributed by atoms with E-state index in [4.69, 9.17) is 0 Å². The summed E-state index contributed by atoms with van der Waals surface area (Å²) in [5, 5.41) is 2.94. The van der Waals surface area contributed by atoms with Crippen LogP contribution in [0.3, 0.4) is 0 Å². The van der Waals surface area contributed by atoms with Crippen LogP contribution in [0.2, 0.25) is 0 Å². The number of benzene rings is 2. The summed E-state index contributed by atoms with van der Waals surface area (Å²) in [7, 11) is 4.00. The van der Waals surface area contributed by atoms with Gasteiger partial charge in [0, 0.05) is 43.4 Å². The molecule has 0 fully saturated rings. The summed E-state index contributed by atoms with van der Waals surface area (Å²) in [6, 6.07) is 18.2. The van der Waals surface area contributed by atoms with Gasteiger partial charge in [-0.1, -0.05) is 30.3 Å². The van der Waals surface area contributed by atoms with Gasteiger partial charge in [0.2, 0.25) is 5.91 Å². The molecule has 0 bridgehead atoms. The monoisotopic (exact) mass is 314 g/mol. The van der Waals surface area contributed by atoms with Gasteiger partial charge in [0.05, 0.1) is 0 Å². The van der Waals surface area contributed by atoms with Gasteiger partial charge >= 0.3 is 0 Å². The molecule has 2 rings (SSSR count). The molecule has 0 heterocycles. The van der Waals surface area contributed by atoms with Crippen LogP contribution < -0.4 is 10.2 Å². The summed E-state index contributed by atoms with van der Waals surface area (Å²) in [5.74, 6) is 1.85. The van der Waals surface area contributed by atoms with Crippen LogP contribution in [0.5, 0.6) is 0 Å². The lowest BCUT2D eigenvalue weighted by Crippen LogP contribution is -2.13. The van der Waals surface area contributed by atoms with Crippen molar-refractivity contribution in [3.05, 3.63) is 60.2 Å². The van der Waals surface area contributed by atoms with Gasteiger partial charge in [0.1, 0.15) is 0 Å². The molecule has 0 radical (unpaired) electrons. The van der Waals surface area contributed by atoms with Gasteiger partial charge in [0.15, 0.2) is 0 Å². The number of thioether (sulfide) groups is 1. The Bertz CT molecular complexity index is 582. The van der Waals surface area contributed by atoms with Crippen LogP contribution in [0, 0.1) is 0 Å². The smallest absolute Gasteiger partial charge is 0.225 e. The third-order valence-corrected chi connectivity index (χ3v) is 4.28. The van der Waals surface area contributed by atoms with E-state index in [0.29, 0.717) is 6.42 Å². The zero-order valence-corrected chi connectivity index (χ0v) is 13.9. The number of carbonyl (C=O) groups is 1. The van der Waals surface area contributed by atoms with Crippen LogP contribution in [-0.4, -0.2) is 25.8 Å². The number of amides is 1. The van der Waals surface area contributed by atoms with Gasteiger partial charge in [-0.3, -0.25) is 4.79 Å². The molecule has 1 amide bonds. The van der Waals surface area contributed by atoms with E-state index in [1.165, 1.54) is 5.56 Å². The molecule has 1 N–H and O–H groups in total. The summed E-state index contributed by atoms with van der Waals surface area (Å²) >= 11 is 1.78. The number of carbonyl (C=O) groups excluding carboxylic acids is 1. The molecule has 0 aromatic heterocycles. The first-order valence-corrected chi connectivity index (χ1v) is 8.49. The largest absolute Gasteiger partial charge is 0.378 e. The van der Waals surface area contributed by atoms with E-state index in [-0.39, 0.29) is 5.91 Å². The predicted octanol–water partition coefficient (Wildman–Crippen LogP) is 4.01. The van der Waals surface area contributed by atoms with Gasteiger partial charge in [-0.05, 0) is 29.8 Å². The van der Waals surface area contributed by atoms with Crippen LogP contribution in [-0.2, 0) is 10.5 Å². The Kier molecular flexibility index (Phi) is 6.34. The fourth-order valence-corrected chi connectivity index (χ4v) is 2.90. The maximum atomic E-state index is 11.9. The van der Waals surface area contributed by atoms with E-state index in [1.807, 2.05) is 61.5 Å². The molecular formula is C18H22N2OS. The van der Waals surface area contributed by atoms with Crippen molar-refractivity contribution < 1.29 is 4.79 Å². The average Bonchev–Trinajstić information content (AvgIpc) is 2.53. The molecule has 4 heteroatoms. The lowest BCUT2D eigenvalue weighted by molar-refractivity contribution is -0.115. The number of hydrogen-bond acceptors (Lipinski definition) is 3. The van der Waals surface area contributed by atoms with Crippen LogP contribution >= 0.6 is 11.8 Å². The highest BCUT2D eigenvalue weighted by Crippen LogP contribution is 2.17. The SMILES string of the molecule is CN(C)c1ccc(NC(=O)CCSCc2ccccc2)cc1. The minimum absolute atomic E-state index is 0.0677. The highest BCUT2D eigenvalue weighted by molar-refractivity contribution is 7.98. The van der Waals surface area contributed by atoms with Gasteiger partial charge in [-0.2, -0.15) is 11.8 Å². The van der Waals surface area contributed by atoms with Crippen molar-refractivity contribution in [2.24, 2.45) is 0 Å². The highest BCUT2D eigenvalue weighted by Gasteiger charge is 2.03. The maximum absolute atomic E-state index is 11.9. The average molecular weight is 314 g/mol. The lowest BCUT2D eigenvalue weighted by Gasteiger charge is -2.13. The zero-order chi connectivity index (χ0) is 15.8. The molecule has 2 aromatic carbocycles. The van der Waals surface area contributed by atoms with E-state index in [9.17, 15) is 4.79 Å². The molecule has 0 aliphatic carbocycles.